The summed E-state index contributed by atoms with van der Waals surface area (Å²) in [7, 11) is 0. The van der Waals surface area contributed by atoms with Crippen molar-refractivity contribution in [1.82, 2.24) is 0 Å². The van der Waals surface area contributed by atoms with Crippen LogP contribution in [0.15, 0.2) is 60.2 Å². The van der Waals surface area contributed by atoms with Crippen LogP contribution in [0.25, 0.3) is 0 Å². The Morgan fingerprint density at radius 3 is 2.35 bits per heavy atom. The number of nitrogens with zero attached hydrogens (tertiary/aromatic N) is 2. The summed E-state index contributed by atoms with van der Waals surface area (Å²) in [5.74, 6) is -1.79. The molecule has 5 rings (SSSR count). The number of para-hydroxylation sites is 1. The molecule has 0 bridgehead atoms. The number of benzene rings is 2. The third-order valence-corrected chi connectivity index (χ3v) is 7.00. The Hall–Kier alpha value is -3.74. The van der Waals surface area contributed by atoms with Crippen molar-refractivity contribution >= 4 is 35.1 Å². The number of aryl methyl sites for hydroxylation is 1. The van der Waals surface area contributed by atoms with Gasteiger partial charge in [-0.1, -0.05) is 29.8 Å². The van der Waals surface area contributed by atoms with Crippen LogP contribution in [0.2, 0.25) is 0 Å². The van der Waals surface area contributed by atoms with Crippen LogP contribution < -0.4 is 14.5 Å². The van der Waals surface area contributed by atoms with Gasteiger partial charge < -0.3 is 9.64 Å². The summed E-state index contributed by atoms with van der Waals surface area (Å²) in [6, 6.07) is 14.0. The second kappa shape index (κ2) is 8.56. The Morgan fingerprint density at radius 1 is 0.912 bits per heavy atom. The van der Waals surface area contributed by atoms with E-state index in [0.717, 1.165) is 16.8 Å². The van der Waals surface area contributed by atoms with Crippen molar-refractivity contribution < 1.29 is 23.9 Å². The molecule has 0 N–H and O–H groups in total. The first-order valence-electron chi connectivity index (χ1n) is 11.5. The summed E-state index contributed by atoms with van der Waals surface area (Å²) < 4.78 is 5.53. The lowest BCUT2D eigenvalue weighted by molar-refractivity contribution is -0.139. The largest absolute Gasteiger partial charge is 0.426 e. The van der Waals surface area contributed by atoms with Crippen molar-refractivity contribution in [3.63, 3.8) is 0 Å². The van der Waals surface area contributed by atoms with E-state index >= 15 is 0 Å². The summed E-state index contributed by atoms with van der Waals surface area (Å²) in [6.45, 7) is 4.18. The first kappa shape index (κ1) is 22.1. The molecule has 0 radical (unpaired) electrons. The Bertz CT molecular complexity index is 1220. The molecule has 1 aliphatic carbocycles. The Kier molecular flexibility index (Phi) is 5.55. The van der Waals surface area contributed by atoms with Gasteiger partial charge in [0.15, 0.2) is 0 Å². The minimum atomic E-state index is -0.563. The molecule has 3 amide bonds. The monoisotopic (exact) mass is 458 g/mol. The molecule has 3 atom stereocenters. The number of anilines is 2. The van der Waals surface area contributed by atoms with Crippen molar-refractivity contribution in [2.75, 3.05) is 16.3 Å². The van der Waals surface area contributed by atoms with E-state index in [4.69, 9.17) is 4.74 Å². The molecule has 0 unspecified atom stereocenters. The van der Waals surface area contributed by atoms with Crippen LogP contribution in [-0.2, 0) is 19.2 Å². The summed E-state index contributed by atoms with van der Waals surface area (Å²) in [4.78, 5) is 53.9. The van der Waals surface area contributed by atoms with Gasteiger partial charge in [-0.15, -0.1) is 0 Å². The quantitative estimate of drug-likeness (QED) is 0.301. The van der Waals surface area contributed by atoms with Crippen LogP contribution >= 0.6 is 0 Å². The molecule has 0 aromatic heterocycles. The Labute approximate surface area is 198 Å². The van der Waals surface area contributed by atoms with E-state index in [-0.39, 0.29) is 42.5 Å². The minimum absolute atomic E-state index is 0.0955. The number of hydrogen-bond acceptors (Lipinski definition) is 5. The topological polar surface area (TPSA) is 84.0 Å². The summed E-state index contributed by atoms with van der Waals surface area (Å²) in [5, 5.41) is 0. The van der Waals surface area contributed by atoms with Crippen LogP contribution in [-0.4, -0.2) is 30.2 Å². The molecule has 2 saturated heterocycles. The second-order valence-corrected chi connectivity index (χ2v) is 9.32. The third-order valence-electron chi connectivity index (χ3n) is 7.00. The number of fused-ring (bicyclic) bond motifs is 1. The number of esters is 1. The van der Waals surface area contributed by atoms with E-state index < -0.39 is 11.9 Å². The predicted molar refractivity (Wildman–Crippen MR) is 126 cm³/mol. The maximum Gasteiger partial charge on any atom is 0.316 e. The smallest absolute Gasteiger partial charge is 0.316 e. The van der Waals surface area contributed by atoms with Crippen molar-refractivity contribution in [2.24, 2.45) is 17.8 Å². The molecule has 7 heteroatoms. The zero-order chi connectivity index (χ0) is 24.0. The van der Waals surface area contributed by atoms with Gasteiger partial charge in [0.2, 0.25) is 17.7 Å². The standard InChI is InChI=1S/C27H26N2O5/c1-16-7-12-21-22(13-16)26(32)29(25(21)31)19-8-10-20(11-9-19)34-27(33)18-14-24(30)28(15-18)23-6-4-3-5-17(23)2/h3-11,18,21-22H,12-15H2,1-2H3/t18-,21+,22+/m1/s1. The molecule has 2 aliphatic heterocycles. The van der Waals surface area contributed by atoms with Crippen molar-refractivity contribution in [1.29, 1.82) is 0 Å². The maximum absolute atomic E-state index is 12.9. The number of ether oxygens (including phenoxy) is 1. The zero-order valence-corrected chi connectivity index (χ0v) is 19.2. The molecule has 2 fully saturated rings. The highest BCUT2D eigenvalue weighted by molar-refractivity contribution is 6.22. The molecule has 7 nitrogen and oxygen atoms in total. The Morgan fingerprint density at radius 2 is 1.62 bits per heavy atom. The Balaban J connectivity index is 1.25. The molecule has 2 aromatic rings. The van der Waals surface area contributed by atoms with E-state index in [1.807, 2.05) is 44.2 Å². The molecule has 34 heavy (non-hydrogen) atoms. The van der Waals surface area contributed by atoms with Crippen molar-refractivity contribution in [3.05, 3.63) is 65.7 Å². The lowest BCUT2D eigenvalue weighted by atomic mass is 9.82. The van der Waals surface area contributed by atoms with Gasteiger partial charge in [-0.2, -0.15) is 0 Å². The van der Waals surface area contributed by atoms with Gasteiger partial charge >= 0.3 is 5.97 Å². The molecule has 0 spiro atoms. The van der Waals surface area contributed by atoms with Crippen LogP contribution in [0.1, 0.15) is 31.7 Å². The number of carbonyl (C=O) groups is 4. The highest BCUT2D eigenvalue weighted by Crippen LogP contribution is 2.40. The van der Waals surface area contributed by atoms with E-state index in [9.17, 15) is 19.2 Å². The number of carbonyl (C=O) groups excluding carboxylic acids is 4. The number of hydrogen-bond donors (Lipinski definition) is 0. The predicted octanol–water partition coefficient (Wildman–Crippen LogP) is 3.80. The number of amides is 3. The number of imide groups is 1. The van der Waals surface area contributed by atoms with Gasteiger partial charge in [0.25, 0.3) is 0 Å². The average molecular weight is 459 g/mol. The average Bonchev–Trinajstić information content (AvgIpc) is 3.32. The SMILES string of the molecule is CC1=CC[C@@H]2C(=O)N(c3ccc(OC(=O)[C@@H]4CC(=O)N(c5ccccc5C)C4)cc3)C(=O)[C@H]2C1. The summed E-state index contributed by atoms with van der Waals surface area (Å²) in [6.07, 6.45) is 3.33. The van der Waals surface area contributed by atoms with Crippen molar-refractivity contribution in [2.45, 2.75) is 33.1 Å². The first-order valence-corrected chi connectivity index (χ1v) is 11.5. The highest BCUT2D eigenvalue weighted by Gasteiger charge is 2.48. The van der Waals surface area contributed by atoms with Gasteiger partial charge in [-0.25, -0.2) is 0 Å². The van der Waals surface area contributed by atoms with Crippen LogP contribution in [0.4, 0.5) is 11.4 Å². The number of rotatable bonds is 4. The van der Waals surface area contributed by atoms with Crippen molar-refractivity contribution in [3.8, 4) is 5.75 Å². The zero-order valence-electron chi connectivity index (χ0n) is 19.2. The number of allylic oxidation sites excluding steroid dienone is 2. The second-order valence-electron chi connectivity index (χ2n) is 9.32. The molecular formula is C27H26N2O5. The molecule has 3 aliphatic rings. The minimum Gasteiger partial charge on any atom is -0.426 e. The summed E-state index contributed by atoms with van der Waals surface area (Å²) in [5.41, 5.74) is 3.39. The lowest BCUT2D eigenvalue weighted by Crippen LogP contribution is -2.30. The fourth-order valence-electron chi connectivity index (χ4n) is 5.12. The molecular weight excluding hydrogens is 432 g/mol. The first-order chi connectivity index (χ1) is 16.3. The van der Waals surface area contributed by atoms with E-state index in [2.05, 4.69) is 0 Å². The normalized spacial score (nSPS) is 24.4. The van der Waals surface area contributed by atoms with Gasteiger partial charge in [0.1, 0.15) is 5.75 Å². The van der Waals surface area contributed by atoms with Crippen LogP contribution in [0, 0.1) is 24.7 Å². The molecule has 2 heterocycles. The fraction of sp³-hybridized carbons (Fsp3) is 0.333. The van der Waals surface area contributed by atoms with Gasteiger partial charge in [0.05, 0.1) is 23.4 Å². The molecule has 0 saturated carbocycles. The van der Waals surface area contributed by atoms with Gasteiger partial charge in [0, 0.05) is 18.7 Å². The molecule has 174 valence electrons. The van der Waals surface area contributed by atoms with Crippen LogP contribution in [0.3, 0.4) is 0 Å². The third kappa shape index (κ3) is 3.81. The van der Waals surface area contributed by atoms with E-state index in [0.29, 0.717) is 24.3 Å². The fourth-order valence-corrected chi connectivity index (χ4v) is 5.12. The molecule has 2 aromatic carbocycles. The van der Waals surface area contributed by atoms with Gasteiger partial charge in [-0.3, -0.25) is 24.1 Å². The highest BCUT2D eigenvalue weighted by atomic mass is 16.5. The van der Waals surface area contributed by atoms with E-state index in [1.54, 1.807) is 29.2 Å². The van der Waals surface area contributed by atoms with Crippen LogP contribution in [0.5, 0.6) is 5.75 Å². The van der Waals surface area contributed by atoms with Gasteiger partial charge in [-0.05, 0) is 62.6 Å². The maximum atomic E-state index is 12.9. The van der Waals surface area contributed by atoms with E-state index in [1.165, 1.54) is 4.90 Å². The lowest BCUT2D eigenvalue weighted by Gasteiger charge is -2.19. The summed E-state index contributed by atoms with van der Waals surface area (Å²) >= 11 is 0.